The van der Waals surface area contributed by atoms with Gasteiger partial charge >= 0.3 is 0 Å². The van der Waals surface area contributed by atoms with Crippen molar-refractivity contribution in [1.29, 1.82) is 0 Å². The minimum Gasteiger partial charge on any atom is -0.320 e. The average molecular weight is 353 g/mol. The first-order valence-electron chi connectivity index (χ1n) is 7.61. The Kier molecular flexibility index (Phi) is 6.29. The molecule has 2 N–H and O–H groups in total. The third-order valence-corrected chi connectivity index (χ3v) is 3.86. The summed E-state index contributed by atoms with van der Waals surface area (Å²) in [6.45, 7) is 3.96. The van der Waals surface area contributed by atoms with Crippen molar-refractivity contribution in [2.24, 2.45) is 5.92 Å². The molecule has 0 fully saturated rings. The Morgan fingerprint density at radius 1 is 1.08 bits per heavy atom. The lowest BCUT2D eigenvalue weighted by Crippen LogP contribution is -2.34. The van der Waals surface area contributed by atoms with Crippen molar-refractivity contribution >= 4 is 23.2 Å². The molecule has 0 radical (unpaired) electrons. The summed E-state index contributed by atoms with van der Waals surface area (Å²) >= 11 is 5.89. The van der Waals surface area contributed by atoms with Crippen LogP contribution in [-0.4, -0.2) is 12.5 Å². The topological polar surface area (TPSA) is 41.1 Å². The van der Waals surface area contributed by atoms with E-state index < -0.39 is 23.2 Å². The largest absolute Gasteiger partial charge is 0.320 e. The zero-order valence-corrected chi connectivity index (χ0v) is 14.2. The van der Waals surface area contributed by atoms with E-state index in [0.29, 0.717) is 5.02 Å². The van der Waals surface area contributed by atoms with Gasteiger partial charge in [0, 0.05) is 11.1 Å². The highest BCUT2D eigenvalue weighted by atomic mass is 35.5. The van der Waals surface area contributed by atoms with Gasteiger partial charge in [0.2, 0.25) is 5.91 Å². The smallest absolute Gasteiger partial charge is 0.238 e. The maximum atomic E-state index is 13.6. The highest BCUT2D eigenvalue weighted by Gasteiger charge is 2.18. The zero-order chi connectivity index (χ0) is 17.7. The zero-order valence-electron chi connectivity index (χ0n) is 13.4. The normalized spacial score (nSPS) is 12.2. The number of hydrogen-bond donors (Lipinski definition) is 2. The van der Waals surface area contributed by atoms with E-state index >= 15 is 0 Å². The first-order chi connectivity index (χ1) is 11.4. The Morgan fingerprint density at radius 3 is 2.21 bits per heavy atom. The van der Waals surface area contributed by atoms with Gasteiger partial charge in [0.15, 0.2) is 0 Å². The van der Waals surface area contributed by atoms with Crippen LogP contribution < -0.4 is 10.6 Å². The number of hydrogen-bond acceptors (Lipinski definition) is 2. The molecule has 0 saturated carbocycles. The lowest BCUT2D eigenvalue weighted by Gasteiger charge is -2.23. The molecule has 0 aliphatic heterocycles. The van der Waals surface area contributed by atoms with Gasteiger partial charge in [0.25, 0.3) is 0 Å². The summed E-state index contributed by atoms with van der Waals surface area (Å²) in [5.74, 6) is -1.91. The fraction of sp³-hybridized carbons (Fsp3) is 0.278. The molecule has 1 atom stereocenters. The third-order valence-electron chi connectivity index (χ3n) is 3.61. The molecule has 0 heterocycles. The number of carbonyl (C=O) groups excluding carboxylic acids is 1. The summed E-state index contributed by atoms with van der Waals surface area (Å²) in [6, 6.07) is 10.7. The van der Waals surface area contributed by atoms with Crippen molar-refractivity contribution in [3.05, 3.63) is 64.7 Å². The van der Waals surface area contributed by atoms with Crippen molar-refractivity contribution in [1.82, 2.24) is 5.32 Å². The van der Waals surface area contributed by atoms with E-state index in [2.05, 4.69) is 10.6 Å². The summed E-state index contributed by atoms with van der Waals surface area (Å²) in [6.07, 6.45) is 0. The van der Waals surface area contributed by atoms with Crippen LogP contribution in [0.2, 0.25) is 5.02 Å². The molecule has 0 aliphatic carbocycles. The predicted octanol–water partition coefficient (Wildman–Crippen LogP) is 4.54. The molecular weight excluding hydrogens is 334 g/mol. The summed E-state index contributed by atoms with van der Waals surface area (Å²) in [5.41, 5.74) is 0.552. The number of para-hydroxylation sites is 1. The van der Waals surface area contributed by atoms with E-state index in [-0.39, 0.29) is 18.5 Å². The summed E-state index contributed by atoms with van der Waals surface area (Å²) in [4.78, 5) is 12.0. The Bertz CT molecular complexity index is 684. The highest BCUT2D eigenvalue weighted by Crippen LogP contribution is 2.23. The number of carbonyl (C=O) groups is 1. The number of nitrogens with one attached hydrogen (secondary N) is 2. The molecule has 1 unspecified atom stereocenters. The Hall–Kier alpha value is -1.98. The molecule has 0 aromatic heterocycles. The average Bonchev–Trinajstić information content (AvgIpc) is 2.52. The van der Waals surface area contributed by atoms with Crippen LogP contribution >= 0.6 is 11.6 Å². The molecule has 24 heavy (non-hydrogen) atoms. The van der Waals surface area contributed by atoms with E-state index in [1.807, 2.05) is 26.0 Å². The van der Waals surface area contributed by atoms with Crippen LogP contribution in [-0.2, 0) is 4.79 Å². The maximum Gasteiger partial charge on any atom is 0.238 e. The molecule has 2 rings (SSSR count). The SMILES string of the molecule is CC(C)C(NCC(=O)Nc1c(F)cccc1F)c1ccc(Cl)cc1. The Balaban J connectivity index is 2.01. The molecule has 6 heteroatoms. The minimum atomic E-state index is -0.804. The molecule has 128 valence electrons. The van der Waals surface area contributed by atoms with Gasteiger partial charge in [-0.3, -0.25) is 4.79 Å². The van der Waals surface area contributed by atoms with E-state index in [1.165, 1.54) is 6.07 Å². The van der Waals surface area contributed by atoms with E-state index in [4.69, 9.17) is 11.6 Å². The molecular formula is C18H19ClF2N2O. The van der Waals surface area contributed by atoms with Gasteiger partial charge in [0.1, 0.15) is 17.3 Å². The first kappa shape index (κ1) is 18.4. The van der Waals surface area contributed by atoms with Crippen LogP contribution in [0.15, 0.2) is 42.5 Å². The lowest BCUT2D eigenvalue weighted by atomic mass is 9.96. The van der Waals surface area contributed by atoms with Crippen LogP contribution in [0, 0.1) is 17.6 Å². The molecule has 3 nitrogen and oxygen atoms in total. The summed E-state index contributed by atoms with van der Waals surface area (Å²) in [5, 5.41) is 6.01. The highest BCUT2D eigenvalue weighted by molar-refractivity contribution is 6.30. The Labute approximate surface area is 145 Å². The monoisotopic (exact) mass is 352 g/mol. The maximum absolute atomic E-state index is 13.6. The van der Waals surface area contributed by atoms with Gasteiger partial charge in [-0.05, 0) is 35.7 Å². The fourth-order valence-electron chi connectivity index (χ4n) is 2.41. The number of halogens is 3. The van der Waals surface area contributed by atoms with Crippen molar-refractivity contribution in [2.45, 2.75) is 19.9 Å². The number of amides is 1. The Morgan fingerprint density at radius 2 is 1.67 bits per heavy atom. The number of anilines is 1. The van der Waals surface area contributed by atoms with Crippen LogP contribution in [0.4, 0.5) is 14.5 Å². The fourth-order valence-corrected chi connectivity index (χ4v) is 2.54. The quantitative estimate of drug-likeness (QED) is 0.801. The number of benzene rings is 2. The summed E-state index contributed by atoms with van der Waals surface area (Å²) in [7, 11) is 0. The van der Waals surface area contributed by atoms with Crippen molar-refractivity contribution in [2.75, 3.05) is 11.9 Å². The molecule has 2 aromatic carbocycles. The van der Waals surface area contributed by atoms with Gasteiger partial charge in [-0.25, -0.2) is 8.78 Å². The first-order valence-corrected chi connectivity index (χ1v) is 7.99. The molecule has 1 amide bonds. The van der Waals surface area contributed by atoms with Gasteiger partial charge in [-0.1, -0.05) is 43.6 Å². The molecule has 0 saturated heterocycles. The number of rotatable bonds is 6. The molecule has 0 spiro atoms. The van der Waals surface area contributed by atoms with Crippen LogP contribution in [0.1, 0.15) is 25.5 Å². The molecule has 0 bridgehead atoms. The third kappa shape index (κ3) is 4.76. The van der Waals surface area contributed by atoms with Gasteiger partial charge < -0.3 is 10.6 Å². The second-order valence-corrected chi connectivity index (χ2v) is 6.24. The van der Waals surface area contributed by atoms with Crippen molar-refractivity contribution < 1.29 is 13.6 Å². The van der Waals surface area contributed by atoms with Gasteiger partial charge in [-0.2, -0.15) is 0 Å². The standard InChI is InChI=1S/C18H19ClF2N2O/c1-11(2)17(12-6-8-13(19)9-7-12)22-10-16(24)23-18-14(20)4-3-5-15(18)21/h3-9,11,17,22H,10H2,1-2H3,(H,23,24). The van der Waals surface area contributed by atoms with E-state index in [9.17, 15) is 13.6 Å². The van der Waals surface area contributed by atoms with E-state index in [1.54, 1.807) is 12.1 Å². The summed E-state index contributed by atoms with van der Waals surface area (Å²) < 4.78 is 27.1. The second-order valence-electron chi connectivity index (χ2n) is 5.80. The van der Waals surface area contributed by atoms with Gasteiger partial charge in [0.05, 0.1) is 6.54 Å². The molecule has 2 aromatic rings. The van der Waals surface area contributed by atoms with Crippen LogP contribution in [0.25, 0.3) is 0 Å². The van der Waals surface area contributed by atoms with Gasteiger partial charge in [-0.15, -0.1) is 0 Å². The molecule has 0 aliphatic rings. The minimum absolute atomic E-state index is 0.0702. The lowest BCUT2D eigenvalue weighted by molar-refractivity contribution is -0.115. The van der Waals surface area contributed by atoms with Crippen molar-refractivity contribution in [3.8, 4) is 0 Å². The van der Waals surface area contributed by atoms with E-state index in [0.717, 1.165) is 17.7 Å². The van der Waals surface area contributed by atoms with Crippen molar-refractivity contribution in [3.63, 3.8) is 0 Å². The van der Waals surface area contributed by atoms with Crippen LogP contribution in [0.3, 0.4) is 0 Å². The second kappa shape index (κ2) is 8.22. The predicted molar refractivity (Wildman–Crippen MR) is 92.0 cm³/mol. The van der Waals surface area contributed by atoms with Crippen LogP contribution in [0.5, 0.6) is 0 Å².